The molecule has 0 atom stereocenters. The number of ether oxygens (including phenoxy) is 1. The molecule has 21 heavy (non-hydrogen) atoms. The van der Waals surface area contributed by atoms with Crippen LogP contribution in [0, 0.1) is 0 Å². The van der Waals surface area contributed by atoms with Crippen molar-refractivity contribution >= 4 is 28.9 Å². The molecule has 7 heteroatoms. The third-order valence-electron chi connectivity index (χ3n) is 2.65. The van der Waals surface area contributed by atoms with E-state index in [9.17, 15) is 4.79 Å². The Morgan fingerprint density at radius 2 is 2.10 bits per heavy atom. The lowest BCUT2D eigenvalue weighted by atomic mass is 10.2. The summed E-state index contributed by atoms with van der Waals surface area (Å²) in [4.78, 5) is 15.8. The molecular formula is C14H9ClN2O3S. The Balaban J connectivity index is 1.65. The average molecular weight is 321 g/mol. The summed E-state index contributed by atoms with van der Waals surface area (Å²) in [6.45, 7) is -0.0602. The van der Waals surface area contributed by atoms with Gasteiger partial charge in [0.1, 0.15) is 0 Å². The molecule has 0 fully saturated rings. The van der Waals surface area contributed by atoms with Gasteiger partial charge in [-0.1, -0.05) is 16.8 Å². The fourth-order valence-corrected chi connectivity index (χ4v) is 2.37. The molecule has 0 N–H and O–H groups in total. The summed E-state index contributed by atoms with van der Waals surface area (Å²) in [5.41, 5.74) is 1.29. The van der Waals surface area contributed by atoms with Gasteiger partial charge in [-0.25, -0.2) is 4.79 Å². The number of aromatic nitrogens is 2. The maximum atomic E-state index is 11.7. The van der Waals surface area contributed by atoms with Crippen LogP contribution >= 0.6 is 22.9 Å². The normalized spacial score (nSPS) is 10.5. The second-order valence-corrected chi connectivity index (χ2v) is 5.32. The number of nitrogens with zero attached hydrogens (tertiary/aromatic N) is 2. The zero-order valence-corrected chi connectivity index (χ0v) is 12.2. The van der Waals surface area contributed by atoms with E-state index in [1.807, 2.05) is 5.38 Å². The number of hydrogen-bond donors (Lipinski definition) is 0. The molecular weight excluding hydrogens is 312 g/mol. The number of hydrogen-bond acceptors (Lipinski definition) is 6. The van der Waals surface area contributed by atoms with Gasteiger partial charge in [0.05, 0.1) is 5.56 Å². The van der Waals surface area contributed by atoms with Crippen molar-refractivity contribution in [3.8, 4) is 11.4 Å². The molecule has 5 nitrogen and oxygen atoms in total. The van der Waals surface area contributed by atoms with Crippen molar-refractivity contribution in [3.63, 3.8) is 0 Å². The molecule has 0 radical (unpaired) electrons. The van der Waals surface area contributed by atoms with E-state index in [4.69, 9.17) is 20.9 Å². The lowest BCUT2D eigenvalue weighted by Crippen LogP contribution is -2.03. The molecule has 0 saturated carbocycles. The molecule has 3 rings (SSSR count). The lowest BCUT2D eigenvalue weighted by Gasteiger charge is -1.98. The summed E-state index contributed by atoms with van der Waals surface area (Å²) in [7, 11) is 0. The molecule has 0 aliphatic rings. The molecule has 2 heterocycles. The van der Waals surface area contributed by atoms with Crippen molar-refractivity contribution in [2.24, 2.45) is 0 Å². The maximum absolute atomic E-state index is 11.7. The fraction of sp³-hybridized carbons (Fsp3) is 0.0714. The van der Waals surface area contributed by atoms with Crippen LogP contribution in [0.4, 0.5) is 0 Å². The molecule has 106 valence electrons. The third-order valence-corrected chi connectivity index (χ3v) is 3.59. The van der Waals surface area contributed by atoms with Crippen molar-refractivity contribution in [1.29, 1.82) is 0 Å². The zero-order valence-electron chi connectivity index (χ0n) is 10.7. The second kappa shape index (κ2) is 6.07. The first kappa shape index (κ1) is 13.8. The smallest absolute Gasteiger partial charge is 0.339 e. The van der Waals surface area contributed by atoms with E-state index in [0.29, 0.717) is 16.4 Å². The van der Waals surface area contributed by atoms with Gasteiger partial charge < -0.3 is 9.26 Å². The molecule has 0 aliphatic heterocycles. The van der Waals surface area contributed by atoms with Crippen LogP contribution in [0.5, 0.6) is 0 Å². The van der Waals surface area contributed by atoms with Crippen LogP contribution in [0.3, 0.4) is 0 Å². The molecule has 0 bridgehead atoms. The average Bonchev–Trinajstić information content (AvgIpc) is 3.17. The van der Waals surface area contributed by atoms with Gasteiger partial charge in [-0.3, -0.25) is 0 Å². The van der Waals surface area contributed by atoms with E-state index in [1.54, 1.807) is 35.7 Å². The van der Waals surface area contributed by atoms with E-state index >= 15 is 0 Å². The van der Waals surface area contributed by atoms with Gasteiger partial charge in [-0.15, -0.1) is 0 Å². The van der Waals surface area contributed by atoms with Crippen LogP contribution in [-0.4, -0.2) is 16.1 Å². The summed E-state index contributed by atoms with van der Waals surface area (Å²) in [6.07, 6.45) is 0. The first-order chi connectivity index (χ1) is 10.2. The molecule has 0 unspecified atom stereocenters. The van der Waals surface area contributed by atoms with Crippen molar-refractivity contribution in [3.05, 3.63) is 57.6 Å². The second-order valence-electron chi connectivity index (χ2n) is 4.11. The Morgan fingerprint density at radius 1 is 1.29 bits per heavy atom. The molecule has 2 aromatic heterocycles. The number of carbonyl (C=O) groups is 1. The Bertz CT molecular complexity index is 738. The van der Waals surface area contributed by atoms with E-state index in [2.05, 4.69) is 10.1 Å². The SMILES string of the molecule is O=C(OCc1nc(-c2ccc(Cl)cc2)no1)c1ccsc1. The van der Waals surface area contributed by atoms with Crippen LogP contribution in [0.25, 0.3) is 11.4 Å². The minimum Gasteiger partial charge on any atom is -0.452 e. The number of rotatable bonds is 4. The zero-order chi connectivity index (χ0) is 14.7. The number of benzene rings is 1. The Hall–Kier alpha value is -2.18. The fourth-order valence-electron chi connectivity index (χ4n) is 1.62. The van der Waals surface area contributed by atoms with E-state index in [0.717, 1.165) is 5.56 Å². The van der Waals surface area contributed by atoms with Crippen molar-refractivity contribution in [2.45, 2.75) is 6.61 Å². The van der Waals surface area contributed by atoms with Crippen LogP contribution < -0.4 is 0 Å². The molecule has 3 aromatic rings. The maximum Gasteiger partial charge on any atom is 0.339 e. The van der Waals surface area contributed by atoms with Crippen LogP contribution in [0.15, 0.2) is 45.6 Å². The summed E-state index contributed by atoms with van der Waals surface area (Å²) in [5.74, 6) is 0.249. The van der Waals surface area contributed by atoms with Gasteiger partial charge in [0.15, 0.2) is 6.61 Å². The number of esters is 1. The molecule has 0 spiro atoms. The molecule has 0 saturated heterocycles. The predicted molar refractivity (Wildman–Crippen MR) is 78.2 cm³/mol. The first-order valence-corrected chi connectivity index (χ1v) is 7.32. The summed E-state index contributed by atoms with van der Waals surface area (Å²) >= 11 is 7.25. The highest BCUT2D eigenvalue weighted by Gasteiger charge is 2.12. The molecule has 1 aromatic carbocycles. The van der Waals surface area contributed by atoms with Crippen molar-refractivity contribution in [2.75, 3.05) is 0 Å². The third kappa shape index (κ3) is 3.29. The van der Waals surface area contributed by atoms with Crippen LogP contribution in [0.2, 0.25) is 5.02 Å². The van der Waals surface area contributed by atoms with Gasteiger partial charge in [0.2, 0.25) is 5.82 Å². The predicted octanol–water partition coefficient (Wildman–Crippen LogP) is 3.81. The van der Waals surface area contributed by atoms with Gasteiger partial charge >= 0.3 is 5.97 Å². The Morgan fingerprint density at radius 3 is 2.81 bits per heavy atom. The highest BCUT2D eigenvalue weighted by molar-refractivity contribution is 7.08. The summed E-state index contributed by atoms with van der Waals surface area (Å²) in [6, 6.07) is 8.75. The van der Waals surface area contributed by atoms with Gasteiger partial charge in [-0.2, -0.15) is 16.3 Å². The minimum absolute atomic E-state index is 0.0602. The largest absolute Gasteiger partial charge is 0.452 e. The van der Waals surface area contributed by atoms with E-state index in [1.165, 1.54) is 11.3 Å². The van der Waals surface area contributed by atoms with Gasteiger partial charge in [0.25, 0.3) is 5.89 Å². The number of carbonyl (C=O) groups excluding carboxylic acids is 1. The molecule has 0 amide bonds. The van der Waals surface area contributed by atoms with E-state index < -0.39 is 5.97 Å². The summed E-state index contributed by atoms with van der Waals surface area (Å²) in [5, 5.41) is 8.00. The van der Waals surface area contributed by atoms with Crippen LogP contribution in [-0.2, 0) is 11.3 Å². The van der Waals surface area contributed by atoms with Gasteiger partial charge in [0, 0.05) is 16.0 Å². The van der Waals surface area contributed by atoms with Crippen molar-refractivity contribution < 1.29 is 14.1 Å². The van der Waals surface area contributed by atoms with Crippen molar-refractivity contribution in [1.82, 2.24) is 10.1 Å². The Kier molecular flexibility index (Phi) is 3.98. The standard InChI is InChI=1S/C14H9ClN2O3S/c15-11-3-1-9(2-4-11)13-16-12(20-17-13)7-19-14(18)10-5-6-21-8-10/h1-6,8H,7H2. The highest BCUT2D eigenvalue weighted by atomic mass is 35.5. The van der Waals surface area contributed by atoms with E-state index in [-0.39, 0.29) is 12.5 Å². The van der Waals surface area contributed by atoms with Crippen LogP contribution in [0.1, 0.15) is 16.2 Å². The lowest BCUT2D eigenvalue weighted by molar-refractivity contribution is 0.0430. The van der Waals surface area contributed by atoms with Gasteiger partial charge in [-0.05, 0) is 35.7 Å². The monoisotopic (exact) mass is 320 g/mol. The number of thiophene rings is 1. The highest BCUT2D eigenvalue weighted by Crippen LogP contribution is 2.19. The topological polar surface area (TPSA) is 65.2 Å². The Labute approximate surface area is 129 Å². The number of halogens is 1. The quantitative estimate of drug-likeness (QED) is 0.684. The first-order valence-electron chi connectivity index (χ1n) is 6.00. The summed E-state index contributed by atoms with van der Waals surface area (Å²) < 4.78 is 10.1. The molecule has 0 aliphatic carbocycles. The minimum atomic E-state index is -0.414.